The lowest BCUT2D eigenvalue weighted by molar-refractivity contribution is -0.0498. The van der Waals surface area contributed by atoms with Crippen LogP contribution in [0.25, 0.3) is 0 Å². The lowest BCUT2D eigenvalue weighted by atomic mass is 10.2. The molecule has 146 valence electrons. The Kier molecular flexibility index (Phi) is 7.95. The molecule has 2 aromatic rings. The number of guanidine groups is 1. The van der Waals surface area contributed by atoms with Crippen LogP contribution in [0.15, 0.2) is 47.7 Å². The van der Waals surface area contributed by atoms with E-state index in [4.69, 9.17) is 5.73 Å². The smallest absolute Gasteiger partial charge is 0.387 e. The van der Waals surface area contributed by atoms with Gasteiger partial charge in [-0.05, 0) is 23.8 Å². The van der Waals surface area contributed by atoms with Gasteiger partial charge in [0, 0.05) is 38.6 Å². The summed E-state index contributed by atoms with van der Waals surface area (Å²) >= 11 is 0. The van der Waals surface area contributed by atoms with Crippen LogP contribution in [0, 0.1) is 0 Å². The maximum atomic E-state index is 12.3. The molecule has 0 atom stereocenters. The Balaban J connectivity index is 0.00000261. The van der Waals surface area contributed by atoms with Gasteiger partial charge in [0.05, 0.1) is 6.54 Å². The molecule has 0 amide bonds. The van der Waals surface area contributed by atoms with Crippen LogP contribution in [0.1, 0.15) is 5.56 Å². The summed E-state index contributed by atoms with van der Waals surface area (Å²) in [7, 11) is 0. The van der Waals surface area contributed by atoms with Crippen molar-refractivity contribution in [1.29, 1.82) is 0 Å². The second-order valence-corrected chi connectivity index (χ2v) is 5.72. The van der Waals surface area contributed by atoms with Crippen molar-refractivity contribution in [2.75, 3.05) is 31.1 Å². The van der Waals surface area contributed by atoms with Gasteiger partial charge >= 0.3 is 6.61 Å². The van der Waals surface area contributed by atoms with E-state index in [9.17, 15) is 8.78 Å². The van der Waals surface area contributed by atoms with E-state index in [1.165, 1.54) is 12.1 Å². The molecule has 3 rings (SSSR count). The quantitative estimate of drug-likeness (QED) is 0.394. The van der Waals surface area contributed by atoms with Crippen molar-refractivity contribution >= 4 is 35.9 Å². The van der Waals surface area contributed by atoms with Gasteiger partial charge < -0.3 is 20.3 Å². The number of aliphatic imine (C=N–C) groups is 1. The van der Waals surface area contributed by atoms with E-state index in [1.54, 1.807) is 30.6 Å². The zero-order valence-corrected chi connectivity index (χ0v) is 16.9. The second kappa shape index (κ2) is 10.2. The van der Waals surface area contributed by atoms with E-state index >= 15 is 0 Å². The fraction of sp³-hybridized carbons (Fsp3) is 0.353. The van der Waals surface area contributed by atoms with Crippen LogP contribution >= 0.6 is 24.0 Å². The minimum absolute atomic E-state index is 0. The minimum atomic E-state index is -2.84. The summed E-state index contributed by atoms with van der Waals surface area (Å²) in [5.41, 5.74) is 6.83. The zero-order valence-electron chi connectivity index (χ0n) is 14.5. The van der Waals surface area contributed by atoms with Crippen LogP contribution in [0.4, 0.5) is 14.7 Å². The highest BCUT2D eigenvalue weighted by Gasteiger charge is 2.19. The molecule has 1 aromatic carbocycles. The second-order valence-electron chi connectivity index (χ2n) is 5.72. The zero-order chi connectivity index (χ0) is 18.4. The molecule has 0 saturated carbocycles. The number of nitrogens with zero attached hydrogens (tertiary/aromatic N) is 5. The van der Waals surface area contributed by atoms with E-state index < -0.39 is 6.61 Å². The standard InChI is InChI=1S/C17H20F2N6O.HI/c18-15(19)26-14-4-1-3-13(11-14)12-23-16(20)24-7-9-25(10-8-24)17-21-5-2-6-22-17;/h1-6,11,15H,7-10,12H2,(H2,20,23);1H. The van der Waals surface area contributed by atoms with E-state index in [2.05, 4.69) is 24.6 Å². The summed E-state index contributed by atoms with van der Waals surface area (Å²) in [5, 5.41) is 0. The average molecular weight is 490 g/mol. The van der Waals surface area contributed by atoms with Crippen molar-refractivity contribution < 1.29 is 13.5 Å². The molecule has 1 fully saturated rings. The lowest BCUT2D eigenvalue weighted by Gasteiger charge is -2.35. The highest BCUT2D eigenvalue weighted by atomic mass is 127. The van der Waals surface area contributed by atoms with E-state index in [0.717, 1.165) is 18.7 Å². The summed E-state index contributed by atoms with van der Waals surface area (Å²) in [5.74, 6) is 1.25. The highest BCUT2D eigenvalue weighted by Crippen LogP contribution is 2.16. The van der Waals surface area contributed by atoms with Gasteiger partial charge in [-0.25, -0.2) is 15.0 Å². The summed E-state index contributed by atoms with van der Waals surface area (Å²) in [6.45, 7) is 0.373. The molecular weight excluding hydrogens is 469 g/mol. The molecule has 0 bridgehead atoms. The van der Waals surface area contributed by atoms with Gasteiger partial charge in [-0.15, -0.1) is 24.0 Å². The summed E-state index contributed by atoms with van der Waals surface area (Å²) in [6, 6.07) is 8.24. The molecule has 1 aliphatic rings. The van der Waals surface area contributed by atoms with Crippen LogP contribution in [0.2, 0.25) is 0 Å². The number of piperazine rings is 1. The van der Waals surface area contributed by atoms with Gasteiger partial charge in [-0.3, -0.25) is 0 Å². The van der Waals surface area contributed by atoms with Gasteiger partial charge in [0.1, 0.15) is 5.75 Å². The Hall–Kier alpha value is -2.24. The van der Waals surface area contributed by atoms with Gasteiger partial charge in [-0.1, -0.05) is 12.1 Å². The van der Waals surface area contributed by atoms with Crippen LogP contribution in [0.3, 0.4) is 0 Å². The third kappa shape index (κ3) is 6.15. The maximum absolute atomic E-state index is 12.3. The van der Waals surface area contributed by atoms with Crippen LogP contribution in [-0.4, -0.2) is 53.6 Å². The van der Waals surface area contributed by atoms with E-state index in [0.29, 0.717) is 31.5 Å². The topological polar surface area (TPSA) is 79.9 Å². The molecule has 1 aromatic heterocycles. The van der Waals surface area contributed by atoms with Crippen molar-refractivity contribution in [3.8, 4) is 5.75 Å². The molecule has 1 aliphatic heterocycles. The number of anilines is 1. The number of hydrogen-bond acceptors (Lipinski definition) is 5. The van der Waals surface area contributed by atoms with Crippen molar-refractivity contribution in [1.82, 2.24) is 14.9 Å². The van der Waals surface area contributed by atoms with Crippen LogP contribution < -0.4 is 15.4 Å². The summed E-state index contributed by atoms with van der Waals surface area (Å²) in [4.78, 5) is 16.9. The molecule has 2 N–H and O–H groups in total. The highest BCUT2D eigenvalue weighted by molar-refractivity contribution is 14.0. The third-order valence-corrected chi connectivity index (χ3v) is 3.99. The first-order valence-electron chi connectivity index (χ1n) is 8.22. The molecule has 7 nitrogen and oxygen atoms in total. The number of ether oxygens (including phenoxy) is 1. The predicted octanol–water partition coefficient (Wildman–Crippen LogP) is 2.33. The number of hydrogen-bond donors (Lipinski definition) is 1. The van der Waals surface area contributed by atoms with Crippen molar-refractivity contribution in [2.45, 2.75) is 13.2 Å². The Morgan fingerprint density at radius 3 is 2.52 bits per heavy atom. The fourth-order valence-corrected chi connectivity index (χ4v) is 2.68. The van der Waals surface area contributed by atoms with Crippen molar-refractivity contribution in [3.05, 3.63) is 48.3 Å². The largest absolute Gasteiger partial charge is 0.435 e. The van der Waals surface area contributed by atoms with Crippen molar-refractivity contribution in [2.24, 2.45) is 10.7 Å². The Bertz CT molecular complexity index is 741. The first kappa shape index (κ1) is 21.1. The normalized spacial score (nSPS) is 14.9. The summed E-state index contributed by atoms with van der Waals surface area (Å²) < 4.78 is 28.9. The molecule has 0 radical (unpaired) electrons. The monoisotopic (exact) mass is 490 g/mol. The first-order chi connectivity index (χ1) is 12.6. The van der Waals surface area contributed by atoms with Gasteiger partial charge in [-0.2, -0.15) is 8.78 Å². The SMILES string of the molecule is I.NC(=NCc1cccc(OC(F)F)c1)N1CCN(c2ncccn2)CC1. The molecular formula is C17H21F2IN6O. The van der Waals surface area contributed by atoms with Gasteiger partial charge in [0.25, 0.3) is 0 Å². The number of alkyl halides is 2. The minimum Gasteiger partial charge on any atom is -0.435 e. The van der Waals surface area contributed by atoms with E-state index in [-0.39, 0.29) is 29.7 Å². The number of halogens is 3. The van der Waals surface area contributed by atoms with Crippen LogP contribution in [-0.2, 0) is 6.54 Å². The fourth-order valence-electron chi connectivity index (χ4n) is 2.68. The Labute approximate surface area is 173 Å². The molecule has 1 saturated heterocycles. The van der Waals surface area contributed by atoms with Gasteiger partial charge in [0.2, 0.25) is 5.95 Å². The molecule has 27 heavy (non-hydrogen) atoms. The lowest BCUT2D eigenvalue weighted by Crippen LogP contribution is -2.51. The predicted molar refractivity (Wildman–Crippen MR) is 110 cm³/mol. The molecule has 0 spiro atoms. The van der Waals surface area contributed by atoms with Crippen LogP contribution in [0.5, 0.6) is 5.75 Å². The average Bonchev–Trinajstić information content (AvgIpc) is 2.67. The number of nitrogens with two attached hydrogens (primary N) is 1. The molecule has 0 unspecified atom stereocenters. The third-order valence-electron chi connectivity index (χ3n) is 3.99. The number of aromatic nitrogens is 2. The molecule has 2 heterocycles. The molecule has 10 heteroatoms. The number of benzene rings is 1. The first-order valence-corrected chi connectivity index (χ1v) is 8.22. The summed E-state index contributed by atoms with van der Waals surface area (Å²) in [6.07, 6.45) is 3.44. The Morgan fingerprint density at radius 2 is 1.85 bits per heavy atom. The van der Waals surface area contributed by atoms with Crippen molar-refractivity contribution in [3.63, 3.8) is 0 Å². The number of rotatable bonds is 5. The van der Waals surface area contributed by atoms with Gasteiger partial charge in [0.15, 0.2) is 5.96 Å². The van der Waals surface area contributed by atoms with E-state index in [1.807, 2.05) is 4.90 Å². The Morgan fingerprint density at radius 1 is 1.15 bits per heavy atom. The molecule has 0 aliphatic carbocycles. The maximum Gasteiger partial charge on any atom is 0.387 e.